The first-order valence-electron chi connectivity index (χ1n) is 4.18. The molecule has 2 N–H and O–H groups in total. The molecule has 2 nitrogen and oxygen atoms in total. The van der Waals surface area contributed by atoms with Crippen molar-refractivity contribution in [3.8, 4) is 0 Å². The minimum Gasteiger partial charge on any atom is -0.383 e. The van der Waals surface area contributed by atoms with Gasteiger partial charge < -0.3 is 5.73 Å². The highest BCUT2D eigenvalue weighted by Gasteiger charge is 2.05. The topological polar surface area (TPSA) is 38.9 Å². The maximum absolute atomic E-state index is 5.99. The molecule has 0 aliphatic rings. The monoisotopic (exact) mass is 224 g/mol. The lowest BCUT2D eigenvalue weighted by Gasteiger charge is -2.02. The molecular weight excluding hydrogens is 216 g/mol. The molecule has 0 radical (unpaired) electrons. The van der Waals surface area contributed by atoms with Gasteiger partial charge in [0, 0.05) is 17.5 Å². The molecule has 0 saturated carbocycles. The average Bonchev–Trinajstić information content (AvgIpc) is 2.56. The lowest BCUT2D eigenvalue weighted by Crippen LogP contribution is -1.96. The van der Waals surface area contributed by atoms with E-state index in [1.54, 1.807) is 17.5 Å². The Kier molecular flexibility index (Phi) is 2.70. The van der Waals surface area contributed by atoms with Gasteiger partial charge in [-0.2, -0.15) is 0 Å². The number of rotatable bonds is 2. The van der Waals surface area contributed by atoms with Crippen LogP contribution < -0.4 is 5.73 Å². The van der Waals surface area contributed by atoms with E-state index in [9.17, 15) is 0 Å². The number of nitrogen functional groups attached to an aromatic ring is 1. The molecule has 0 aliphatic carbocycles. The Labute approximate surface area is 91.4 Å². The number of hydrogen-bond donors (Lipinski definition) is 1. The first-order valence-corrected chi connectivity index (χ1v) is 5.44. The predicted molar refractivity (Wildman–Crippen MR) is 60.8 cm³/mol. The van der Waals surface area contributed by atoms with Crippen molar-refractivity contribution in [1.29, 1.82) is 0 Å². The van der Waals surface area contributed by atoms with E-state index >= 15 is 0 Å². The van der Waals surface area contributed by atoms with Crippen LogP contribution in [0.1, 0.15) is 10.4 Å². The molecule has 2 rings (SSSR count). The lowest BCUT2D eigenvalue weighted by molar-refractivity contribution is 1.18. The van der Waals surface area contributed by atoms with Gasteiger partial charge in [-0.25, -0.2) is 4.98 Å². The van der Waals surface area contributed by atoms with Gasteiger partial charge in [0.15, 0.2) is 0 Å². The van der Waals surface area contributed by atoms with Gasteiger partial charge in [0.1, 0.15) is 5.82 Å². The molecule has 72 valence electrons. The summed E-state index contributed by atoms with van der Waals surface area (Å²) in [6.07, 6.45) is 2.45. The van der Waals surface area contributed by atoms with Crippen molar-refractivity contribution in [3.63, 3.8) is 0 Å². The molecule has 14 heavy (non-hydrogen) atoms. The second-order valence-electron chi connectivity index (χ2n) is 2.92. The fourth-order valence-electron chi connectivity index (χ4n) is 1.22. The van der Waals surface area contributed by atoms with E-state index in [1.807, 2.05) is 23.6 Å². The van der Waals surface area contributed by atoms with E-state index in [0.29, 0.717) is 5.82 Å². The Balaban J connectivity index is 2.28. The van der Waals surface area contributed by atoms with E-state index in [0.717, 1.165) is 21.9 Å². The fourth-order valence-corrected chi connectivity index (χ4v) is 2.35. The van der Waals surface area contributed by atoms with Crippen molar-refractivity contribution in [3.05, 3.63) is 45.2 Å². The quantitative estimate of drug-likeness (QED) is 0.852. The van der Waals surface area contributed by atoms with Crippen LogP contribution in [0.3, 0.4) is 0 Å². The van der Waals surface area contributed by atoms with Crippen molar-refractivity contribution < 1.29 is 0 Å². The molecule has 4 heteroatoms. The Morgan fingerprint density at radius 3 is 2.93 bits per heavy atom. The fraction of sp³-hybridized carbons (Fsp3) is 0.100. The first-order chi connectivity index (χ1) is 6.77. The lowest BCUT2D eigenvalue weighted by atomic mass is 10.1. The zero-order valence-electron chi connectivity index (χ0n) is 7.40. The van der Waals surface area contributed by atoms with Crippen molar-refractivity contribution in [2.24, 2.45) is 0 Å². The normalized spacial score (nSPS) is 10.4. The van der Waals surface area contributed by atoms with Crippen LogP contribution >= 0.6 is 22.9 Å². The van der Waals surface area contributed by atoms with Crippen molar-refractivity contribution >= 4 is 28.8 Å². The number of aromatic nitrogens is 1. The van der Waals surface area contributed by atoms with E-state index in [4.69, 9.17) is 17.3 Å². The third-order valence-electron chi connectivity index (χ3n) is 1.97. The number of nitrogens with zero attached hydrogens (tertiary/aromatic N) is 1. The van der Waals surface area contributed by atoms with E-state index in [1.165, 1.54) is 0 Å². The average molecular weight is 225 g/mol. The summed E-state index contributed by atoms with van der Waals surface area (Å²) < 4.78 is 0. The summed E-state index contributed by atoms with van der Waals surface area (Å²) in [5.74, 6) is 0.581. The summed E-state index contributed by atoms with van der Waals surface area (Å²) in [5, 5.41) is 2.78. The number of anilines is 1. The molecule has 0 unspecified atom stereocenters. The zero-order valence-corrected chi connectivity index (χ0v) is 8.98. The van der Waals surface area contributed by atoms with Crippen molar-refractivity contribution in [2.75, 3.05) is 5.73 Å². The molecule has 0 fully saturated rings. The standard InChI is InChI=1S/C10H9ClN2S/c11-8-3-5-14-9(8)6-7-2-1-4-13-10(7)12/h1-5H,6H2,(H2,12,13). The SMILES string of the molecule is Nc1ncccc1Cc1sccc1Cl. The van der Waals surface area contributed by atoms with Crippen LogP contribution in [0.5, 0.6) is 0 Å². The summed E-state index contributed by atoms with van der Waals surface area (Å²) in [4.78, 5) is 5.16. The van der Waals surface area contributed by atoms with Crippen LogP contribution in [-0.4, -0.2) is 4.98 Å². The molecule has 0 atom stereocenters. The van der Waals surface area contributed by atoms with Gasteiger partial charge in [-0.05, 0) is 23.1 Å². The Morgan fingerprint density at radius 2 is 2.29 bits per heavy atom. The van der Waals surface area contributed by atoms with Gasteiger partial charge >= 0.3 is 0 Å². The van der Waals surface area contributed by atoms with Crippen LogP contribution in [-0.2, 0) is 6.42 Å². The second-order valence-corrected chi connectivity index (χ2v) is 4.32. The summed E-state index contributed by atoms with van der Waals surface area (Å²) >= 11 is 7.63. The molecule has 2 aromatic heterocycles. The summed E-state index contributed by atoms with van der Waals surface area (Å²) in [7, 11) is 0. The van der Waals surface area contributed by atoms with Crippen LogP contribution in [0.2, 0.25) is 5.02 Å². The molecule has 2 heterocycles. The first kappa shape index (κ1) is 9.49. The minimum atomic E-state index is 0.581. The number of thiophene rings is 1. The Morgan fingerprint density at radius 1 is 1.43 bits per heavy atom. The molecule has 0 aliphatic heterocycles. The smallest absolute Gasteiger partial charge is 0.126 e. The maximum atomic E-state index is 5.99. The Hall–Kier alpha value is -1.06. The number of hydrogen-bond acceptors (Lipinski definition) is 3. The van der Waals surface area contributed by atoms with Gasteiger partial charge in [0.2, 0.25) is 0 Å². The van der Waals surface area contributed by atoms with Gasteiger partial charge in [-0.3, -0.25) is 0 Å². The molecule has 0 amide bonds. The van der Waals surface area contributed by atoms with Crippen LogP contribution in [0.25, 0.3) is 0 Å². The molecule has 0 spiro atoms. The zero-order chi connectivity index (χ0) is 9.97. The third-order valence-corrected chi connectivity index (χ3v) is 3.36. The van der Waals surface area contributed by atoms with E-state index in [2.05, 4.69) is 4.98 Å². The molecule has 2 aromatic rings. The molecular formula is C10H9ClN2S. The summed E-state index contributed by atoms with van der Waals surface area (Å²) in [6.45, 7) is 0. The van der Waals surface area contributed by atoms with Crippen LogP contribution in [0.15, 0.2) is 29.8 Å². The largest absolute Gasteiger partial charge is 0.383 e. The highest BCUT2D eigenvalue weighted by molar-refractivity contribution is 7.10. The maximum Gasteiger partial charge on any atom is 0.126 e. The molecule has 0 aromatic carbocycles. The summed E-state index contributed by atoms with van der Waals surface area (Å²) in [5.41, 5.74) is 6.76. The highest BCUT2D eigenvalue weighted by Crippen LogP contribution is 2.25. The molecule has 0 bridgehead atoms. The minimum absolute atomic E-state index is 0.581. The van der Waals surface area contributed by atoms with Gasteiger partial charge in [0.05, 0.1) is 5.02 Å². The van der Waals surface area contributed by atoms with Crippen molar-refractivity contribution in [1.82, 2.24) is 4.98 Å². The van der Waals surface area contributed by atoms with Gasteiger partial charge in [-0.15, -0.1) is 11.3 Å². The third kappa shape index (κ3) is 1.89. The molecule has 0 saturated heterocycles. The van der Waals surface area contributed by atoms with Gasteiger partial charge in [0.25, 0.3) is 0 Å². The number of pyridine rings is 1. The van der Waals surface area contributed by atoms with Crippen LogP contribution in [0, 0.1) is 0 Å². The van der Waals surface area contributed by atoms with E-state index < -0.39 is 0 Å². The van der Waals surface area contributed by atoms with Crippen molar-refractivity contribution in [2.45, 2.75) is 6.42 Å². The van der Waals surface area contributed by atoms with Crippen LogP contribution in [0.4, 0.5) is 5.82 Å². The number of halogens is 1. The van der Waals surface area contributed by atoms with E-state index in [-0.39, 0.29) is 0 Å². The second kappa shape index (κ2) is 3.98. The summed E-state index contributed by atoms with van der Waals surface area (Å²) in [6, 6.07) is 5.75. The number of nitrogens with two attached hydrogens (primary N) is 1. The highest BCUT2D eigenvalue weighted by atomic mass is 35.5. The predicted octanol–water partition coefficient (Wildman–Crippen LogP) is 2.97. The van der Waals surface area contributed by atoms with Gasteiger partial charge in [-0.1, -0.05) is 17.7 Å². The Bertz CT molecular complexity index is 439.